The van der Waals surface area contributed by atoms with E-state index in [9.17, 15) is 5.11 Å². The second-order valence-corrected chi connectivity index (χ2v) is 6.93. The Balaban J connectivity index is 1.74. The average Bonchev–Trinajstić information content (AvgIpc) is 2.92. The normalized spacial score (nSPS) is 27.4. The molecular formula is C15H23BN2O3. The highest BCUT2D eigenvalue weighted by atomic mass is 16.7. The maximum Gasteiger partial charge on any atom is 0.496 e. The van der Waals surface area contributed by atoms with Crippen LogP contribution in [0.5, 0.6) is 0 Å². The van der Waals surface area contributed by atoms with Gasteiger partial charge < -0.3 is 19.3 Å². The van der Waals surface area contributed by atoms with E-state index in [1.165, 1.54) is 0 Å². The third-order valence-electron chi connectivity index (χ3n) is 4.78. The first kappa shape index (κ1) is 14.8. The van der Waals surface area contributed by atoms with Gasteiger partial charge >= 0.3 is 7.12 Å². The molecule has 2 aliphatic rings. The highest BCUT2D eigenvalue weighted by molar-refractivity contribution is 6.62. The van der Waals surface area contributed by atoms with Crippen LogP contribution in [0.15, 0.2) is 18.3 Å². The van der Waals surface area contributed by atoms with Crippen molar-refractivity contribution in [1.82, 2.24) is 4.98 Å². The van der Waals surface area contributed by atoms with Gasteiger partial charge in [-0.05, 0) is 40.2 Å². The van der Waals surface area contributed by atoms with Crippen LogP contribution in [-0.2, 0) is 9.31 Å². The topological polar surface area (TPSA) is 54.8 Å². The molecule has 2 fully saturated rings. The summed E-state index contributed by atoms with van der Waals surface area (Å²) in [6.07, 6.45) is 2.37. The maximum absolute atomic E-state index is 9.59. The van der Waals surface area contributed by atoms with Crippen LogP contribution in [-0.4, -0.2) is 47.6 Å². The number of anilines is 1. The van der Waals surface area contributed by atoms with Crippen molar-refractivity contribution in [2.75, 3.05) is 18.0 Å². The number of hydrogen-bond acceptors (Lipinski definition) is 5. The van der Waals surface area contributed by atoms with Gasteiger partial charge in [0.15, 0.2) is 0 Å². The summed E-state index contributed by atoms with van der Waals surface area (Å²) in [5.74, 6) is 0.895. The zero-order chi connectivity index (χ0) is 15.3. The van der Waals surface area contributed by atoms with Crippen LogP contribution in [0.2, 0.25) is 0 Å². The molecule has 0 unspecified atom stereocenters. The summed E-state index contributed by atoms with van der Waals surface area (Å²) in [6, 6.07) is 3.97. The van der Waals surface area contributed by atoms with Crippen LogP contribution in [0.3, 0.4) is 0 Å². The van der Waals surface area contributed by atoms with E-state index < -0.39 is 0 Å². The summed E-state index contributed by atoms with van der Waals surface area (Å²) >= 11 is 0. The number of β-amino-alcohol motifs (C(OH)–C–C–N with tert-alkyl or cyclic N) is 1. The molecule has 0 amide bonds. The minimum absolute atomic E-state index is 0.241. The molecule has 1 N–H and O–H groups in total. The molecule has 2 aliphatic heterocycles. The standard InChI is InChI=1S/C15H23BN2O3/c1-14(2)15(3,4)21-16(20-14)11-5-6-13(17-9-11)18-8-7-12(19)10-18/h5-6,9,12,19H,7-8,10H2,1-4H3/t12-/m1/s1. The molecule has 3 rings (SSSR count). The van der Waals surface area contributed by atoms with E-state index in [1.807, 2.05) is 46.0 Å². The molecule has 0 bridgehead atoms. The van der Waals surface area contributed by atoms with Gasteiger partial charge in [0.25, 0.3) is 0 Å². The third-order valence-corrected chi connectivity index (χ3v) is 4.78. The molecule has 0 saturated carbocycles. The molecule has 1 aromatic rings. The fourth-order valence-corrected chi connectivity index (χ4v) is 2.65. The van der Waals surface area contributed by atoms with E-state index in [2.05, 4.69) is 9.88 Å². The predicted octanol–water partition coefficient (Wildman–Crippen LogP) is 0.952. The van der Waals surface area contributed by atoms with Crippen molar-refractivity contribution in [3.63, 3.8) is 0 Å². The fourth-order valence-electron chi connectivity index (χ4n) is 2.65. The van der Waals surface area contributed by atoms with Gasteiger partial charge in [-0.15, -0.1) is 0 Å². The van der Waals surface area contributed by atoms with Gasteiger partial charge in [-0.3, -0.25) is 0 Å². The number of aliphatic hydroxyl groups excluding tert-OH is 1. The van der Waals surface area contributed by atoms with E-state index >= 15 is 0 Å². The maximum atomic E-state index is 9.59. The lowest BCUT2D eigenvalue weighted by Crippen LogP contribution is -2.41. The van der Waals surface area contributed by atoms with Crippen molar-refractivity contribution in [2.45, 2.75) is 51.4 Å². The quantitative estimate of drug-likeness (QED) is 0.822. The number of aromatic nitrogens is 1. The molecule has 6 heteroatoms. The van der Waals surface area contributed by atoms with E-state index in [1.54, 1.807) is 0 Å². The number of nitrogens with zero attached hydrogens (tertiary/aromatic N) is 2. The minimum atomic E-state index is -0.374. The van der Waals surface area contributed by atoms with Crippen LogP contribution in [0.25, 0.3) is 0 Å². The van der Waals surface area contributed by atoms with Gasteiger partial charge in [0, 0.05) is 24.7 Å². The first-order chi connectivity index (χ1) is 9.78. The Morgan fingerprint density at radius 2 is 1.90 bits per heavy atom. The second-order valence-electron chi connectivity index (χ2n) is 6.93. The zero-order valence-electron chi connectivity index (χ0n) is 13.2. The van der Waals surface area contributed by atoms with Crippen molar-refractivity contribution in [3.05, 3.63) is 18.3 Å². The molecule has 21 heavy (non-hydrogen) atoms. The van der Waals surface area contributed by atoms with Crippen molar-refractivity contribution in [2.24, 2.45) is 0 Å². The lowest BCUT2D eigenvalue weighted by Gasteiger charge is -2.32. The Kier molecular flexibility index (Phi) is 3.51. The lowest BCUT2D eigenvalue weighted by atomic mass is 9.80. The van der Waals surface area contributed by atoms with Crippen molar-refractivity contribution >= 4 is 18.4 Å². The second kappa shape index (κ2) is 4.97. The highest BCUT2D eigenvalue weighted by Gasteiger charge is 2.51. The van der Waals surface area contributed by atoms with Gasteiger partial charge in [0.1, 0.15) is 5.82 Å². The zero-order valence-corrected chi connectivity index (χ0v) is 13.2. The van der Waals surface area contributed by atoms with Crippen LogP contribution in [0.4, 0.5) is 5.82 Å². The number of rotatable bonds is 2. The summed E-state index contributed by atoms with van der Waals surface area (Å²) in [5.41, 5.74) is 0.252. The summed E-state index contributed by atoms with van der Waals surface area (Å²) < 4.78 is 12.0. The summed E-state index contributed by atoms with van der Waals surface area (Å²) in [6.45, 7) is 9.68. The molecule has 0 spiro atoms. The summed E-state index contributed by atoms with van der Waals surface area (Å²) in [5, 5.41) is 9.59. The number of pyridine rings is 1. The SMILES string of the molecule is CC1(C)OB(c2ccc(N3CC[C@@H](O)C3)nc2)OC1(C)C. The monoisotopic (exact) mass is 290 g/mol. The van der Waals surface area contributed by atoms with Crippen LogP contribution in [0.1, 0.15) is 34.1 Å². The Bertz CT molecular complexity index is 502. The van der Waals surface area contributed by atoms with Crippen LogP contribution >= 0.6 is 0 Å². The molecule has 0 radical (unpaired) electrons. The first-order valence-corrected chi connectivity index (χ1v) is 7.53. The van der Waals surface area contributed by atoms with Crippen LogP contribution < -0.4 is 10.4 Å². The van der Waals surface area contributed by atoms with Gasteiger partial charge in [-0.25, -0.2) is 4.98 Å². The molecule has 0 aromatic carbocycles. The Morgan fingerprint density at radius 3 is 2.38 bits per heavy atom. The predicted molar refractivity (Wildman–Crippen MR) is 82.8 cm³/mol. The van der Waals surface area contributed by atoms with Gasteiger partial charge in [-0.1, -0.05) is 6.07 Å². The highest BCUT2D eigenvalue weighted by Crippen LogP contribution is 2.36. The summed E-state index contributed by atoms with van der Waals surface area (Å²) in [4.78, 5) is 6.59. The number of hydrogen-bond donors (Lipinski definition) is 1. The Morgan fingerprint density at radius 1 is 1.24 bits per heavy atom. The van der Waals surface area contributed by atoms with Gasteiger partial charge in [0.05, 0.1) is 17.3 Å². The largest absolute Gasteiger partial charge is 0.496 e. The van der Waals surface area contributed by atoms with E-state index in [4.69, 9.17) is 9.31 Å². The smallest absolute Gasteiger partial charge is 0.399 e. The van der Waals surface area contributed by atoms with Crippen molar-refractivity contribution in [3.8, 4) is 0 Å². The molecule has 2 saturated heterocycles. The van der Waals surface area contributed by atoms with Crippen molar-refractivity contribution < 1.29 is 14.4 Å². The molecule has 1 aromatic heterocycles. The van der Waals surface area contributed by atoms with Crippen molar-refractivity contribution in [1.29, 1.82) is 0 Å². The van der Waals surface area contributed by atoms with E-state index in [-0.39, 0.29) is 24.4 Å². The molecular weight excluding hydrogens is 267 g/mol. The molecule has 5 nitrogen and oxygen atoms in total. The third kappa shape index (κ3) is 2.68. The fraction of sp³-hybridized carbons (Fsp3) is 0.667. The van der Waals surface area contributed by atoms with Gasteiger partial charge in [0.2, 0.25) is 0 Å². The Labute approximate surface area is 126 Å². The number of aliphatic hydroxyl groups is 1. The first-order valence-electron chi connectivity index (χ1n) is 7.53. The van der Waals surface area contributed by atoms with Crippen LogP contribution in [0, 0.1) is 0 Å². The molecule has 3 heterocycles. The van der Waals surface area contributed by atoms with E-state index in [0.29, 0.717) is 6.54 Å². The minimum Gasteiger partial charge on any atom is -0.399 e. The average molecular weight is 290 g/mol. The van der Waals surface area contributed by atoms with Gasteiger partial charge in [-0.2, -0.15) is 0 Å². The Hall–Kier alpha value is -1.11. The molecule has 114 valence electrons. The lowest BCUT2D eigenvalue weighted by molar-refractivity contribution is 0.00578. The molecule has 1 atom stereocenters. The summed E-state index contributed by atoms with van der Waals surface area (Å²) in [7, 11) is -0.374. The van der Waals surface area contributed by atoms with E-state index in [0.717, 1.165) is 24.2 Å². The molecule has 0 aliphatic carbocycles.